The molecule has 0 aliphatic heterocycles. The lowest BCUT2D eigenvalue weighted by Gasteiger charge is -2.03. The molecule has 1 amide bonds. The summed E-state index contributed by atoms with van der Waals surface area (Å²) < 4.78 is 26.7. The summed E-state index contributed by atoms with van der Waals surface area (Å²) in [6.45, 7) is 0. The summed E-state index contributed by atoms with van der Waals surface area (Å²) in [6, 6.07) is 6.98. The predicted octanol–water partition coefficient (Wildman–Crippen LogP) is 4.83. The molecule has 0 bridgehead atoms. The molecule has 0 saturated carbocycles. The lowest BCUT2D eigenvalue weighted by Crippen LogP contribution is -2.13. The number of halogens is 3. The molecule has 3 rings (SSSR count). The van der Waals surface area contributed by atoms with Crippen LogP contribution >= 0.6 is 22.9 Å². The summed E-state index contributed by atoms with van der Waals surface area (Å²) in [4.78, 5) is 27.3. The summed E-state index contributed by atoms with van der Waals surface area (Å²) in [5.41, 5.74) is -0.304. The number of nitro benzene ring substituents is 1. The number of hydrogen-bond acceptors (Lipinski definition) is 5. The molecule has 1 heterocycles. The standard InChI is InChI=1S/C17H10ClF2N3O3S/c18-10-2-4-13(15(6-10)23(25)26)16(24)22-17-21-8-12(27-17)5-9-1-3-11(19)7-14(9)20/h1-4,6-8H,5H2,(H,21,22,24). The Hall–Kier alpha value is -2.91. The van der Waals surface area contributed by atoms with Crippen molar-refractivity contribution in [3.05, 3.63) is 85.4 Å². The molecule has 138 valence electrons. The summed E-state index contributed by atoms with van der Waals surface area (Å²) in [6.07, 6.45) is 1.61. The fourth-order valence-corrected chi connectivity index (χ4v) is 3.31. The highest BCUT2D eigenvalue weighted by Gasteiger charge is 2.21. The molecule has 27 heavy (non-hydrogen) atoms. The van der Waals surface area contributed by atoms with Crippen molar-refractivity contribution in [2.24, 2.45) is 0 Å². The van der Waals surface area contributed by atoms with Crippen LogP contribution in [0.4, 0.5) is 19.6 Å². The third-order valence-electron chi connectivity index (χ3n) is 3.55. The Balaban J connectivity index is 1.76. The van der Waals surface area contributed by atoms with Gasteiger partial charge in [0.1, 0.15) is 17.2 Å². The van der Waals surface area contributed by atoms with Gasteiger partial charge < -0.3 is 0 Å². The maximum atomic E-state index is 13.7. The monoisotopic (exact) mass is 409 g/mol. The van der Waals surface area contributed by atoms with Gasteiger partial charge in [0.2, 0.25) is 0 Å². The van der Waals surface area contributed by atoms with E-state index in [1.54, 1.807) is 0 Å². The zero-order valence-electron chi connectivity index (χ0n) is 13.4. The molecule has 6 nitrogen and oxygen atoms in total. The fourth-order valence-electron chi connectivity index (χ4n) is 2.31. The molecular formula is C17H10ClF2N3O3S. The largest absolute Gasteiger partial charge is 0.298 e. The van der Waals surface area contributed by atoms with Crippen molar-refractivity contribution < 1.29 is 18.5 Å². The second kappa shape index (κ2) is 7.77. The predicted molar refractivity (Wildman–Crippen MR) is 97.3 cm³/mol. The number of nitro groups is 1. The van der Waals surface area contributed by atoms with Gasteiger partial charge in [0.15, 0.2) is 5.13 Å². The minimum absolute atomic E-state index is 0.135. The number of anilines is 1. The van der Waals surface area contributed by atoms with Crippen LogP contribution in [0, 0.1) is 21.7 Å². The number of nitrogens with zero attached hydrogens (tertiary/aromatic N) is 2. The summed E-state index contributed by atoms with van der Waals surface area (Å²) in [5.74, 6) is -2.06. The number of amides is 1. The lowest BCUT2D eigenvalue weighted by atomic mass is 10.1. The van der Waals surface area contributed by atoms with Gasteiger partial charge in [-0.15, -0.1) is 11.3 Å². The van der Waals surface area contributed by atoms with Crippen molar-refractivity contribution in [3.63, 3.8) is 0 Å². The highest BCUT2D eigenvalue weighted by Crippen LogP contribution is 2.26. The maximum Gasteiger partial charge on any atom is 0.283 e. The van der Waals surface area contributed by atoms with Crippen LogP contribution in [0.2, 0.25) is 5.02 Å². The van der Waals surface area contributed by atoms with Gasteiger partial charge in [-0.2, -0.15) is 0 Å². The molecule has 1 aromatic heterocycles. The van der Waals surface area contributed by atoms with Crippen LogP contribution in [0.1, 0.15) is 20.8 Å². The SMILES string of the molecule is O=C(Nc1ncc(Cc2ccc(F)cc2F)s1)c1ccc(Cl)cc1[N+](=O)[O-]. The molecule has 0 atom stereocenters. The Labute approximate surface area is 160 Å². The molecule has 3 aromatic rings. The molecule has 10 heteroatoms. The van der Waals surface area contributed by atoms with Gasteiger partial charge in [0, 0.05) is 34.7 Å². The molecule has 0 fully saturated rings. The van der Waals surface area contributed by atoms with Crippen molar-refractivity contribution in [1.82, 2.24) is 4.98 Å². The van der Waals surface area contributed by atoms with Crippen LogP contribution < -0.4 is 5.32 Å². The molecule has 0 saturated heterocycles. The van der Waals surface area contributed by atoms with Gasteiger partial charge in [-0.25, -0.2) is 13.8 Å². The molecular weight excluding hydrogens is 400 g/mol. The summed E-state index contributed by atoms with van der Waals surface area (Å²) >= 11 is 6.81. The number of carbonyl (C=O) groups is 1. The first kappa shape index (κ1) is 18.9. The maximum absolute atomic E-state index is 13.7. The van der Waals surface area contributed by atoms with Crippen LogP contribution in [0.15, 0.2) is 42.6 Å². The van der Waals surface area contributed by atoms with E-state index >= 15 is 0 Å². The van der Waals surface area contributed by atoms with Crippen molar-refractivity contribution in [1.29, 1.82) is 0 Å². The van der Waals surface area contributed by atoms with E-state index in [1.165, 1.54) is 24.4 Å². The number of rotatable bonds is 5. The normalized spacial score (nSPS) is 10.6. The Morgan fingerprint density at radius 3 is 2.74 bits per heavy atom. The summed E-state index contributed by atoms with van der Waals surface area (Å²) in [5, 5.41) is 13.9. The van der Waals surface area contributed by atoms with Crippen LogP contribution in [0.3, 0.4) is 0 Å². The third-order valence-corrected chi connectivity index (χ3v) is 4.70. The first-order valence-corrected chi connectivity index (χ1v) is 8.67. The fraction of sp³-hybridized carbons (Fsp3) is 0.0588. The number of aromatic nitrogens is 1. The number of benzene rings is 2. The Morgan fingerprint density at radius 2 is 2.04 bits per heavy atom. The smallest absolute Gasteiger partial charge is 0.283 e. The minimum Gasteiger partial charge on any atom is -0.298 e. The van der Waals surface area contributed by atoms with Crippen molar-refractivity contribution >= 4 is 39.7 Å². The Kier molecular flexibility index (Phi) is 5.43. The zero-order chi connectivity index (χ0) is 19.6. The lowest BCUT2D eigenvalue weighted by molar-refractivity contribution is -0.385. The van der Waals surface area contributed by atoms with Gasteiger partial charge in [-0.1, -0.05) is 17.7 Å². The molecule has 0 aliphatic rings. The van der Waals surface area contributed by atoms with Gasteiger partial charge in [-0.3, -0.25) is 20.2 Å². The average molecular weight is 410 g/mol. The highest BCUT2D eigenvalue weighted by molar-refractivity contribution is 7.15. The highest BCUT2D eigenvalue weighted by atomic mass is 35.5. The van der Waals surface area contributed by atoms with Crippen molar-refractivity contribution in [3.8, 4) is 0 Å². The number of thiazole rings is 1. The molecule has 1 N–H and O–H groups in total. The first-order chi connectivity index (χ1) is 12.8. The molecule has 2 aromatic carbocycles. The van der Waals surface area contributed by atoms with Crippen LogP contribution in [0.5, 0.6) is 0 Å². The van der Waals surface area contributed by atoms with Gasteiger partial charge >= 0.3 is 0 Å². The molecule has 0 spiro atoms. The van der Waals surface area contributed by atoms with Gasteiger partial charge in [-0.05, 0) is 23.8 Å². The van der Waals surface area contributed by atoms with Gasteiger partial charge in [0.05, 0.1) is 4.92 Å². The Bertz CT molecular complexity index is 1040. The van der Waals surface area contributed by atoms with Crippen LogP contribution in [-0.2, 0) is 6.42 Å². The van der Waals surface area contributed by atoms with E-state index in [0.717, 1.165) is 29.5 Å². The number of nitrogens with one attached hydrogen (secondary N) is 1. The van der Waals surface area contributed by atoms with E-state index in [2.05, 4.69) is 10.3 Å². The van der Waals surface area contributed by atoms with Crippen LogP contribution in [0.25, 0.3) is 0 Å². The van der Waals surface area contributed by atoms with Crippen molar-refractivity contribution in [2.45, 2.75) is 6.42 Å². The zero-order valence-corrected chi connectivity index (χ0v) is 15.0. The molecule has 0 unspecified atom stereocenters. The Morgan fingerprint density at radius 1 is 1.26 bits per heavy atom. The summed E-state index contributed by atoms with van der Waals surface area (Å²) in [7, 11) is 0. The van der Waals surface area contributed by atoms with E-state index in [9.17, 15) is 23.7 Å². The first-order valence-electron chi connectivity index (χ1n) is 7.47. The van der Waals surface area contributed by atoms with Crippen molar-refractivity contribution in [2.75, 3.05) is 5.32 Å². The topological polar surface area (TPSA) is 85.1 Å². The average Bonchev–Trinajstić information content (AvgIpc) is 3.04. The van der Waals surface area contributed by atoms with E-state index in [0.29, 0.717) is 4.88 Å². The van der Waals surface area contributed by atoms with E-state index in [1.807, 2.05) is 0 Å². The number of hydrogen-bond donors (Lipinski definition) is 1. The minimum atomic E-state index is -0.716. The van der Waals surface area contributed by atoms with E-state index < -0.39 is 28.2 Å². The molecule has 0 aliphatic carbocycles. The second-order valence-electron chi connectivity index (χ2n) is 5.42. The second-order valence-corrected chi connectivity index (χ2v) is 6.97. The quantitative estimate of drug-likeness (QED) is 0.483. The third kappa shape index (κ3) is 4.44. The molecule has 0 radical (unpaired) electrons. The van der Waals surface area contributed by atoms with E-state index in [4.69, 9.17) is 11.6 Å². The van der Waals surface area contributed by atoms with Crippen LogP contribution in [-0.4, -0.2) is 15.8 Å². The van der Waals surface area contributed by atoms with E-state index in [-0.39, 0.29) is 27.7 Å². The number of carbonyl (C=O) groups excluding carboxylic acids is 1. The van der Waals surface area contributed by atoms with Gasteiger partial charge in [0.25, 0.3) is 11.6 Å².